The molecule has 6 heteroatoms. The zero-order valence-electron chi connectivity index (χ0n) is 13.0. The summed E-state index contributed by atoms with van der Waals surface area (Å²) in [7, 11) is 1.67. The molecule has 0 spiro atoms. The first-order valence-electron chi connectivity index (χ1n) is 7.23. The molecule has 0 amide bonds. The minimum atomic E-state index is 0.417. The zero-order chi connectivity index (χ0) is 15.7. The Hall–Kier alpha value is -2.63. The van der Waals surface area contributed by atoms with E-state index in [0.717, 1.165) is 23.8 Å². The van der Waals surface area contributed by atoms with Crippen molar-refractivity contribution in [1.82, 2.24) is 19.5 Å². The molecule has 0 saturated carbocycles. The van der Waals surface area contributed by atoms with Crippen LogP contribution in [0.25, 0.3) is 11.2 Å². The van der Waals surface area contributed by atoms with E-state index in [2.05, 4.69) is 39.4 Å². The van der Waals surface area contributed by atoms with E-state index in [1.807, 2.05) is 12.1 Å². The summed E-state index contributed by atoms with van der Waals surface area (Å²) in [6, 6.07) is 6.07. The molecule has 0 unspecified atom stereocenters. The van der Waals surface area contributed by atoms with Crippen LogP contribution in [0.3, 0.4) is 0 Å². The lowest BCUT2D eigenvalue weighted by atomic mass is 10.1. The number of aryl methyl sites for hydroxylation is 2. The van der Waals surface area contributed by atoms with Crippen molar-refractivity contribution >= 4 is 17.0 Å². The molecule has 3 aromatic rings. The quantitative estimate of drug-likeness (QED) is 0.799. The Morgan fingerprint density at radius 2 is 2.09 bits per heavy atom. The van der Waals surface area contributed by atoms with Crippen LogP contribution in [0.15, 0.2) is 24.5 Å². The van der Waals surface area contributed by atoms with Gasteiger partial charge in [-0.15, -0.1) is 0 Å². The molecular weight excluding hydrogens is 278 g/mol. The molecule has 2 aromatic heterocycles. The number of hydrogen-bond donors (Lipinski definition) is 1. The standard InChI is InChI=1S/C16H19N5O/c1-4-21-13(20-14-15(17)18-9-19-16(14)21)8-11-7-12(22-3)6-5-10(11)2/h5-7,9H,4,8H2,1-3H3,(H2,17,18,19). The Bertz CT molecular complexity index is 825. The molecule has 3 rings (SSSR count). The van der Waals surface area contributed by atoms with Crippen LogP contribution in [-0.2, 0) is 13.0 Å². The second-order valence-electron chi connectivity index (χ2n) is 5.17. The summed E-state index contributed by atoms with van der Waals surface area (Å²) in [4.78, 5) is 13.0. The minimum absolute atomic E-state index is 0.417. The number of anilines is 1. The van der Waals surface area contributed by atoms with Gasteiger partial charge >= 0.3 is 0 Å². The maximum Gasteiger partial charge on any atom is 0.165 e. The van der Waals surface area contributed by atoms with Crippen molar-refractivity contribution in [3.05, 3.63) is 41.5 Å². The number of rotatable bonds is 4. The number of hydrogen-bond acceptors (Lipinski definition) is 5. The largest absolute Gasteiger partial charge is 0.497 e. The van der Waals surface area contributed by atoms with E-state index in [9.17, 15) is 0 Å². The summed E-state index contributed by atoms with van der Waals surface area (Å²) in [5.41, 5.74) is 9.74. The number of nitrogen functional groups attached to an aromatic ring is 1. The number of aromatic nitrogens is 4. The average Bonchev–Trinajstić information content (AvgIpc) is 2.88. The summed E-state index contributed by atoms with van der Waals surface area (Å²) in [6.45, 7) is 4.94. The summed E-state index contributed by atoms with van der Waals surface area (Å²) < 4.78 is 7.39. The number of nitrogens with two attached hydrogens (primary N) is 1. The third-order valence-corrected chi connectivity index (χ3v) is 3.86. The van der Waals surface area contributed by atoms with Crippen LogP contribution in [0.5, 0.6) is 5.75 Å². The topological polar surface area (TPSA) is 78.9 Å². The van der Waals surface area contributed by atoms with Gasteiger partial charge in [0.15, 0.2) is 17.0 Å². The molecule has 0 bridgehead atoms. The molecule has 0 aliphatic heterocycles. The van der Waals surface area contributed by atoms with Crippen LogP contribution >= 0.6 is 0 Å². The van der Waals surface area contributed by atoms with E-state index in [1.54, 1.807) is 7.11 Å². The van der Waals surface area contributed by atoms with Gasteiger partial charge in [0, 0.05) is 13.0 Å². The van der Waals surface area contributed by atoms with Gasteiger partial charge in [-0.2, -0.15) is 0 Å². The predicted octanol–water partition coefficient (Wildman–Crippen LogP) is 2.34. The minimum Gasteiger partial charge on any atom is -0.497 e. The predicted molar refractivity (Wildman–Crippen MR) is 85.9 cm³/mol. The van der Waals surface area contributed by atoms with Crippen molar-refractivity contribution in [2.45, 2.75) is 26.8 Å². The number of fused-ring (bicyclic) bond motifs is 1. The fourth-order valence-electron chi connectivity index (χ4n) is 2.60. The summed E-state index contributed by atoms with van der Waals surface area (Å²) in [6.07, 6.45) is 2.18. The molecule has 2 N–H and O–H groups in total. The van der Waals surface area contributed by atoms with Gasteiger partial charge in [-0.1, -0.05) is 6.07 Å². The second-order valence-corrected chi connectivity index (χ2v) is 5.17. The van der Waals surface area contributed by atoms with Crippen LogP contribution in [0.2, 0.25) is 0 Å². The van der Waals surface area contributed by atoms with Gasteiger partial charge in [0.25, 0.3) is 0 Å². The van der Waals surface area contributed by atoms with E-state index >= 15 is 0 Å². The van der Waals surface area contributed by atoms with Gasteiger partial charge in [-0.3, -0.25) is 0 Å². The van der Waals surface area contributed by atoms with Crippen LogP contribution in [0.4, 0.5) is 5.82 Å². The third-order valence-electron chi connectivity index (χ3n) is 3.86. The van der Waals surface area contributed by atoms with Crippen molar-refractivity contribution < 1.29 is 4.74 Å². The van der Waals surface area contributed by atoms with Gasteiger partial charge in [-0.05, 0) is 37.1 Å². The smallest absolute Gasteiger partial charge is 0.165 e. The van der Waals surface area contributed by atoms with Crippen LogP contribution in [-0.4, -0.2) is 26.6 Å². The van der Waals surface area contributed by atoms with Crippen LogP contribution in [0.1, 0.15) is 23.9 Å². The molecule has 0 aliphatic rings. The molecule has 0 atom stereocenters. The highest BCUT2D eigenvalue weighted by molar-refractivity contribution is 5.81. The molecule has 114 valence electrons. The van der Waals surface area contributed by atoms with Gasteiger partial charge < -0.3 is 15.0 Å². The van der Waals surface area contributed by atoms with E-state index in [1.165, 1.54) is 17.5 Å². The van der Waals surface area contributed by atoms with E-state index in [-0.39, 0.29) is 0 Å². The first-order valence-corrected chi connectivity index (χ1v) is 7.23. The lowest BCUT2D eigenvalue weighted by Crippen LogP contribution is -2.04. The van der Waals surface area contributed by atoms with Crippen LogP contribution < -0.4 is 10.5 Å². The molecule has 0 saturated heterocycles. The first-order chi connectivity index (χ1) is 10.6. The highest BCUT2D eigenvalue weighted by Gasteiger charge is 2.15. The van der Waals surface area contributed by atoms with Crippen molar-refractivity contribution in [2.24, 2.45) is 0 Å². The Kier molecular flexibility index (Phi) is 3.66. The molecule has 22 heavy (non-hydrogen) atoms. The molecule has 0 radical (unpaired) electrons. The van der Waals surface area contributed by atoms with Crippen molar-refractivity contribution in [1.29, 1.82) is 0 Å². The van der Waals surface area contributed by atoms with Gasteiger partial charge in [0.1, 0.15) is 17.9 Å². The lowest BCUT2D eigenvalue weighted by Gasteiger charge is -2.09. The molecule has 2 heterocycles. The Morgan fingerprint density at radius 3 is 2.82 bits per heavy atom. The third kappa shape index (κ3) is 2.36. The summed E-state index contributed by atoms with van der Waals surface area (Å²) in [5.74, 6) is 2.20. The van der Waals surface area contributed by atoms with E-state index in [4.69, 9.17) is 10.5 Å². The molecule has 0 fully saturated rings. The Morgan fingerprint density at radius 1 is 1.27 bits per heavy atom. The fraction of sp³-hybridized carbons (Fsp3) is 0.312. The van der Waals surface area contributed by atoms with Crippen molar-refractivity contribution in [3.63, 3.8) is 0 Å². The molecule has 1 aromatic carbocycles. The van der Waals surface area contributed by atoms with Gasteiger partial charge in [0.05, 0.1) is 7.11 Å². The normalized spacial score (nSPS) is 11.0. The average molecular weight is 297 g/mol. The van der Waals surface area contributed by atoms with E-state index < -0.39 is 0 Å². The van der Waals surface area contributed by atoms with Crippen molar-refractivity contribution in [3.8, 4) is 5.75 Å². The second kappa shape index (κ2) is 5.63. The number of imidazole rings is 1. The number of nitrogens with zero attached hydrogens (tertiary/aromatic N) is 4. The SMILES string of the molecule is CCn1c(Cc2cc(OC)ccc2C)nc2c(N)ncnc21. The Balaban J connectivity index is 2.09. The van der Waals surface area contributed by atoms with E-state index in [0.29, 0.717) is 17.8 Å². The number of benzene rings is 1. The number of methoxy groups -OCH3 is 1. The van der Waals surface area contributed by atoms with Crippen molar-refractivity contribution in [2.75, 3.05) is 12.8 Å². The summed E-state index contributed by atoms with van der Waals surface area (Å²) in [5, 5.41) is 0. The maximum absolute atomic E-state index is 5.92. The first kappa shape index (κ1) is 14.3. The Labute approximate surface area is 129 Å². The fourth-order valence-corrected chi connectivity index (χ4v) is 2.60. The van der Waals surface area contributed by atoms with Gasteiger partial charge in [0.2, 0.25) is 0 Å². The zero-order valence-corrected chi connectivity index (χ0v) is 13.0. The maximum atomic E-state index is 5.92. The molecule has 0 aliphatic carbocycles. The highest BCUT2D eigenvalue weighted by atomic mass is 16.5. The van der Waals surface area contributed by atoms with Crippen LogP contribution in [0, 0.1) is 6.92 Å². The monoisotopic (exact) mass is 297 g/mol. The lowest BCUT2D eigenvalue weighted by molar-refractivity contribution is 0.414. The highest BCUT2D eigenvalue weighted by Crippen LogP contribution is 2.23. The number of ether oxygens (including phenoxy) is 1. The molecule has 6 nitrogen and oxygen atoms in total. The summed E-state index contributed by atoms with van der Waals surface area (Å²) >= 11 is 0. The van der Waals surface area contributed by atoms with Gasteiger partial charge in [-0.25, -0.2) is 15.0 Å². The molecular formula is C16H19N5O.